The summed E-state index contributed by atoms with van der Waals surface area (Å²) in [5, 5.41) is 5.81. The lowest BCUT2D eigenvalue weighted by Gasteiger charge is -2.08. The molecule has 1 aromatic heterocycles. The lowest BCUT2D eigenvalue weighted by molar-refractivity contribution is 0.251. The van der Waals surface area contributed by atoms with E-state index >= 15 is 0 Å². The molecule has 0 aliphatic heterocycles. The highest BCUT2D eigenvalue weighted by Crippen LogP contribution is 2.14. The van der Waals surface area contributed by atoms with Gasteiger partial charge in [0.05, 0.1) is 0 Å². The number of aromatic nitrogens is 1. The maximum Gasteiger partial charge on any atom is 0.319 e. The first-order chi connectivity index (χ1) is 9.56. The van der Waals surface area contributed by atoms with Crippen molar-refractivity contribution in [3.8, 4) is 0 Å². The van der Waals surface area contributed by atoms with E-state index in [9.17, 15) is 9.59 Å². The predicted molar refractivity (Wildman–Crippen MR) is 79.0 cm³/mol. The van der Waals surface area contributed by atoms with Gasteiger partial charge in [0.2, 0.25) is 0 Å². The van der Waals surface area contributed by atoms with E-state index in [0.717, 1.165) is 0 Å². The Morgan fingerprint density at radius 3 is 2.85 bits per heavy atom. The number of nitrogens with one attached hydrogen (secondary N) is 2. The van der Waals surface area contributed by atoms with Gasteiger partial charge in [-0.2, -0.15) is 0 Å². The molecule has 0 atom stereocenters. The van der Waals surface area contributed by atoms with Crippen molar-refractivity contribution in [2.45, 2.75) is 6.54 Å². The van der Waals surface area contributed by atoms with Gasteiger partial charge < -0.3 is 15.2 Å². The Morgan fingerprint density at radius 1 is 1.30 bits per heavy atom. The highest BCUT2D eigenvalue weighted by molar-refractivity contribution is 6.30. The Morgan fingerprint density at radius 2 is 2.10 bits per heavy atom. The van der Waals surface area contributed by atoms with E-state index in [1.165, 1.54) is 4.57 Å². The first-order valence-electron chi connectivity index (χ1n) is 6.01. The number of amides is 2. The van der Waals surface area contributed by atoms with Crippen LogP contribution < -0.4 is 16.2 Å². The summed E-state index contributed by atoms with van der Waals surface area (Å²) in [6.45, 7) is 0.167. The van der Waals surface area contributed by atoms with Crippen LogP contribution in [0.5, 0.6) is 0 Å². The van der Waals surface area contributed by atoms with E-state index in [1.54, 1.807) is 49.6 Å². The number of anilines is 1. The average molecular weight is 292 g/mol. The zero-order valence-corrected chi connectivity index (χ0v) is 11.6. The molecule has 20 heavy (non-hydrogen) atoms. The fraction of sp³-hybridized carbons (Fsp3) is 0.143. The van der Waals surface area contributed by atoms with Gasteiger partial charge in [-0.3, -0.25) is 4.79 Å². The second-order valence-electron chi connectivity index (χ2n) is 4.27. The molecular weight excluding hydrogens is 278 g/mol. The number of benzene rings is 1. The molecule has 0 bridgehead atoms. The normalized spacial score (nSPS) is 10.1. The molecule has 2 N–H and O–H groups in total. The maximum absolute atomic E-state index is 11.8. The van der Waals surface area contributed by atoms with Crippen LogP contribution >= 0.6 is 11.6 Å². The molecule has 0 radical (unpaired) electrons. The van der Waals surface area contributed by atoms with Crippen LogP contribution in [0.3, 0.4) is 0 Å². The number of carbonyl (C=O) groups is 1. The summed E-state index contributed by atoms with van der Waals surface area (Å²) in [6, 6.07) is 9.88. The average Bonchev–Trinajstić information content (AvgIpc) is 2.40. The highest BCUT2D eigenvalue weighted by Gasteiger charge is 2.05. The van der Waals surface area contributed by atoms with Crippen molar-refractivity contribution in [2.24, 2.45) is 7.05 Å². The molecule has 0 aliphatic rings. The van der Waals surface area contributed by atoms with Gasteiger partial charge in [-0.25, -0.2) is 4.79 Å². The monoisotopic (exact) mass is 291 g/mol. The fourth-order valence-electron chi connectivity index (χ4n) is 1.71. The van der Waals surface area contributed by atoms with Crippen molar-refractivity contribution in [1.82, 2.24) is 9.88 Å². The second kappa shape index (κ2) is 6.25. The minimum absolute atomic E-state index is 0.129. The van der Waals surface area contributed by atoms with Crippen molar-refractivity contribution < 1.29 is 4.79 Å². The van der Waals surface area contributed by atoms with Gasteiger partial charge in [0.15, 0.2) is 0 Å². The number of halogens is 1. The summed E-state index contributed by atoms with van der Waals surface area (Å²) in [7, 11) is 1.66. The number of hydrogen-bond acceptors (Lipinski definition) is 2. The molecule has 2 aromatic rings. The Labute approximate surface area is 121 Å². The third-order valence-corrected chi connectivity index (χ3v) is 2.96. The fourth-order valence-corrected chi connectivity index (χ4v) is 1.90. The van der Waals surface area contributed by atoms with Crippen molar-refractivity contribution in [2.75, 3.05) is 5.32 Å². The second-order valence-corrected chi connectivity index (χ2v) is 4.70. The molecule has 0 saturated carbocycles. The summed E-state index contributed by atoms with van der Waals surface area (Å²) in [5.41, 5.74) is 0.989. The van der Waals surface area contributed by atoms with Crippen LogP contribution in [0.4, 0.5) is 10.5 Å². The van der Waals surface area contributed by atoms with E-state index in [0.29, 0.717) is 16.3 Å². The first kappa shape index (κ1) is 14.1. The lowest BCUT2D eigenvalue weighted by Crippen LogP contribution is -2.31. The van der Waals surface area contributed by atoms with Gasteiger partial charge in [0.1, 0.15) is 0 Å². The summed E-state index contributed by atoms with van der Waals surface area (Å²) in [5.74, 6) is 0. The van der Waals surface area contributed by atoms with Crippen molar-refractivity contribution in [3.05, 3.63) is 63.5 Å². The minimum atomic E-state index is -0.391. The van der Waals surface area contributed by atoms with Gasteiger partial charge in [-0.15, -0.1) is 0 Å². The Hall–Kier alpha value is -2.27. The minimum Gasteiger partial charge on any atom is -0.334 e. The quantitative estimate of drug-likeness (QED) is 0.912. The molecule has 0 spiro atoms. The molecule has 0 fully saturated rings. The molecule has 0 saturated heterocycles. The lowest BCUT2D eigenvalue weighted by atomic mass is 10.3. The first-order valence-corrected chi connectivity index (χ1v) is 6.39. The van der Waals surface area contributed by atoms with E-state index in [4.69, 9.17) is 11.6 Å². The predicted octanol–water partition coefficient (Wildman–Crippen LogP) is 2.36. The third kappa shape index (κ3) is 3.61. The van der Waals surface area contributed by atoms with Crippen molar-refractivity contribution in [1.29, 1.82) is 0 Å². The molecule has 6 heteroatoms. The number of rotatable bonds is 3. The molecule has 0 unspecified atom stereocenters. The Bertz CT molecular complexity index is 682. The number of aryl methyl sites for hydroxylation is 1. The SMILES string of the molecule is Cn1cccc(CNC(=O)Nc2cccc(Cl)c2)c1=O. The molecule has 2 rings (SSSR count). The Kier molecular flexibility index (Phi) is 4.42. The topological polar surface area (TPSA) is 63.1 Å². The molecule has 1 aromatic carbocycles. The number of nitrogens with zero attached hydrogens (tertiary/aromatic N) is 1. The maximum atomic E-state index is 11.8. The number of urea groups is 1. The van der Waals surface area contributed by atoms with E-state index in [2.05, 4.69) is 10.6 Å². The number of pyridine rings is 1. The molecule has 0 aliphatic carbocycles. The zero-order valence-electron chi connectivity index (χ0n) is 10.9. The van der Waals surface area contributed by atoms with Gasteiger partial charge >= 0.3 is 6.03 Å². The van der Waals surface area contributed by atoms with Gasteiger partial charge in [0, 0.05) is 36.1 Å². The van der Waals surface area contributed by atoms with Crippen molar-refractivity contribution in [3.63, 3.8) is 0 Å². The van der Waals surface area contributed by atoms with E-state index < -0.39 is 6.03 Å². The van der Waals surface area contributed by atoms with Crippen LogP contribution in [0.2, 0.25) is 5.02 Å². The summed E-state index contributed by atoms with van der Waals surface area (Å²) in [6.07, 6.45) is 1.66. The smallest absolute Gasteiger partial charge is 0.319 e. The van der Waals surface area contributed by atoms with Gasteiger partial charge in [-0.05, 0) is 24.3 Å². The molecule has 1 heterocycles. The van der Waals surface area contributed by atoms with Gasteiger partial charge in [-0.1, -0.05) is 23.7 Å². The molecule has 5 nitrogen and oxygen atoms in total. The van der Waals surface area contributed by atoms with Crippen LogP contribution in [0, 0.1) is 0 Å². The largest absolute Gasteiger partial charge is 0.334 e. The van der Waals surface area contributed by atoms with Gasteiger partial charge in [0.25, 0.3) is 5.56 Å². The van der Waals surface area contributed by atoms with Crippen LogP contribution in [0.1, 0.15) is 5.56 Å². The standard InChI is InChI=1S/C14H14ClN3O2/c1-18-7-3-4-10(13(18)19)9-16-14(20)17-12-6-2-5-11(15)8-12/h2-8H,9H2,1H3,(H2,16,17,20). The van der Waals surface area contributed by atoms with Crippen LogP contribution in [-0.4, -0.2) is 10.6 Å². The summed E-state index contributed by atoms with van der Waals surface area (Å²) >= 11 is 5.82. The molecular formula is C14H14ClN3O2. The summed E-state index contributed by atoms with van der Waals surface area (Å²) < 4.78 is 1.46. The number of carbonyl (C=O) groups excluding carboxylic acids is 1. The third-order valence-electron chi connectivity index (χ3n) is 2.72. The molecule has 2 amide bonds. The molecule has 104 valence electrons. The zero-order chi connectivity index (χ0) is 14.5. The summed E-state index contributed by atoms with van der Waals surface area (Å²) in [4.78, 5) is 23.5. The number of hydrogen-bond donors (Lipinski definition) is 2. The van der Waals surface area contributed by atoms with E-state index in [-0.39, 0.29) is 12.1 Å². The van der Waals surface area contributed by atoms with Crippen LogP contribution in [0.25, 0.3) is 0 Å². The Balaban J connectivity index is 1.96. The van der Waals surface area contributed by atoms with Crippen molar-refractivity contribution >= 4 is 23.3 Å². The van der Waals surface area contributed by atoms with Crippen LogP contribution in [0.15, 0.2) is 47.4 Å². The van der Waals surface area contributed by atoms with E-state index in [1.807, 2.05) is 0 Å². The van der Waals surface area contributed by atoms with Crippen LogP contribution in [-0.2, 0) is 13.6 Å². The highest BCUT2D eigenvalue weighted by atomic mass is 35.5.